The van der Waals surface area contributed by atoms with E-state index in [2.05, 4.69) is 16.0 Å². The summed E-state index contributed by atoms with van der Waals surface area (Å²) in [6.07, 6.45) is 1.55. The standard InChI is InChI=1S/C20H19N3O4/c1-26-17-10-4-14(5-11-17)19(24)22-15-6-8-16(9-7-15)23-20(25)21-13-18-3-2-12-27-18/h2-12H,13H2,1H3,(H,22,24)(H2,21,23,25). The van der Waals surface area contributed by atoms with Crippen LogP contribution in [0.4, 0.5) is 16.2 Å². The van der Waals surface area contributed by atoms with Gasteiger partial charge in [0.2, 0.25) is 0 Å². The summed E-state index contributed by atoms with van der Waals surface area (Å²) in [5, 5.41) is 8.20. The lowest BCUT2D eigenvalue weighted by atomic mass is 10.2. The molecule has 138 valence electrons. The maximum atomic E-state index is 12.2. The maximum Gasteiger partial charge on any atom is 0.319 e. The van der Waals surface area contributed by atoms with Crippen LogP contribution in [0, 0.1) is 0 Å². The van der Waals surface area contributed by atoms with Crippen molar-refractivity contribution in [1.82, 2.24) is 5.32 Å². The molecule has 1 aromatic heterocycles. The van der Waals surface area contributed by atoms with Crippen molar-refractivity contribution in [2.75, 3.05) is 17.7 Å². The summed E-state index contributed by atoms with van der Waals surface area (Å²) in [7, 11) is 1.57. The molecule has 2 aromatic carbocycles. The van der Waals surface area contributed by atoms with Crippen molar-refractivity contribution in [3.05, 3.63) is 78.3 Å². The predicted molar refractivity (Wildman–Crippen MR) is 102 cm³/mol. The van der Waals surface area contributed by atoms with Gasteiger partial charge in [-0.2, -0.15) is 0 Å². The third kappa shape index (κ3) is 5.12. The van der Waals surface area contributed by atoms with E-state index in [-0.39, 0.29) is 11.9 Å². The molecule has 3 N–H and O–H groups in total. The number of amides is 3. The number of nitrogens with one attached hydrogen (secondary N) is 3. The van der Waals surface area contributed by atoms with Gasteiger partial charge in [0.15, 0.2) is 0 Å². The molecule has 0 saturated carbocycles. The van der Waals surface area contributed by atoms with Crippen LogP contribution in [0.25, 0.3) is 0 Å². The van der Waals surface area contributed by atoms with Crippen LogP contribution >= 0.6 is 0 Å². The van der Waals surface area contributed by atoms with Crippen molar-refractivity contribution in [3.63, 3.8) is 0 Å². The molecule has 0 unspecified atom stereocenters. The number of urea groups is 1. The van der Waals surface area contributed by atoms with Crippen LogP contribution in [0.15, 0.2) is 71.3 Å². The van der Waals surface area contributed by atoms with Gasteiger partial charge in [-0.3, -0.25) is 4.79 Å². The number of carbonyl (C=O) groups excluding carboxylic acids is 2. The zero-order valence-electron chi connectivity index (χ0n) is 14.7. The summed E-state index contributed by atoms with van der Waals surface area (Å²) in [6.45, 7) is 0.300. The summed E-state index contributed by atoms with van der Waals surface area (Å²) in [6, 6.07) is 16.8. The van der Waals surface area contributed by atoms with Gasteiger partial charge in [-0.25, -0.2) is 4.79 Å². The van der Waals surface area contributed by atoms with Crippen LogP contribution < -0.4 is 20.7 Å². The smallest absolute Gasteiger partial charge is 0.319 e. The number of hydrogen-bond donors (Lipinski definition) is 3. The van der Waals surface area contributed by atoms with Crippen LogP contribution in [0.3, 0.4) is 0 Å². The lowest BCUT2D eigenvalue weighted by Gasteiger charge is -2.09. The molecule has 3 rings (SSSR count). The molecule has 1 heterocycles. The lowest BCUT2D eigenvalue weighted by Crippen LogP contribution is -2.27. The van der Waals surface area contributed by atoms with Gasteiger partial charge in [0.1, 0.15) is 11.5 Å². The Kier molecular flexibility index (Phi) is 5.73. The second-order valence-electron chi connectivity index (χ2n) is 5.65. The molecule has 0 saturated heterocycles. The van der Waals surface area contributed by atoms with E-state index >= 15 is 0 Å². The SMILES string of the molecule is COc1ccc(C(=O)Nc2ccc(NC(=O)NCc3ccco3)cc2)cc1. The van der Waals surface area contributed by atoms with E-state index in [1.165, 1.54) is 0 Å². The van der Waals surface area contributed by atoms with Crippen molar-refractivity contribution in [3.8, 4) is 5.75 Å². The molecule has 0 radical (unpaired) electrons. The Morgan fingerprint density at radius 1 is 0.926 bits per heavy atom. The Hall–Kier alpha value is -3.74. The molecule has 3 amide bonds. The average Bonchev–Trinajstić information content (AvgIpc) is 3.21. The van der Waals surface area contributed by atoms with E-state index in [0.29, 0.717) is 35.0 Å². The molecule has 0 fully saturated rings. The highest BCUT2D eigenvalue weighted by Crippen LogP contribution is 2.16. The van der Waals surface area contributed by atoms with Crippen LogP contribution in [0.5, 0.6) is 5.75 Å². The number of ether oxygens (including phenoxy) is 1. The third-order valence-corrected chi connectivity index (χ3v) is 3.76. The molecule has 3 aromatic rings. The van der Waals surface area contributed by atoms with Crippen LogP contribution in [-0.4, -0.2) is 19.0 Å². The molecule has 7 nitrogen and oxygen atoms in total. The molecule has 27 heavy (non-hydrogen) atoms. The monoisotopic (exact) mass is 365 g/mol. The van der Waals surface area contributed by atoms with Crippen molar-refractivity contribution in [1.29, 1.82) is 0 Å². The summed E-state index contributed by atoms with van der Waals surface area (Å²) >= 11 is 0. The number of hydrogen-bond acceptors (Lipinski definition) is 4. The zero-order chi connectivity index (χ0) is 19.1. The normalized spacial score (nSPS) is 10.1. The van der Waals surface area contributed by atoms with E-state index in [0.717, 1.165) is 0 Å². The first-order chi connectivity index (χ1) is 13.1. The Labute approximate surface area is 156 Å². The molecule has 7 heteroatoms. The van der Waals surface area contributed by atoms with E-state index in [1.54, 1.807) is 74.0 Å². The number of rotatable bonds is 6. The van der Waals surface area contributed by atoms with Crippen molar-refractivity contribution in [2.24, 2.45) is 0 Å². The third-order valence-electron chi connectivity index (χ3n) is 3.76. The topological polar surface area (TPSA) is 92.6 Å². The van der Waals surface area contributed by atoms with Crippen LogP contribution in [0.2, 0.25) is 0 Å². The van der Waals surface area contributed by atoms with E-state index in [9.17, 15) is 9.59 Å². The number of benzene rings is 2. The number of methoxy groups -OCH3 is 1. The number of anilines is 2. The van der Waals surface area contributed by atoms with Gasteiger partial charge in [0.05, 0.1) is 19.9 Å². The van der Waals surface area contributed by atoms with Gasteiger partial charge < -0.3 is 25.1 Å². The minimum Gasteiger partial charge on any atom is -0.497 e. The molecule has 0 aliphatic rings. The zero-order valence-corrected chi connectivity index (χ0v) is 14.7. The lowest BCUT2D eigenvalue weighted by molar-refractivity contribution is 0.102. The quantitative estimate of drug-likeness (QED) is 0.618. The van der Waals surface area contributed by atoms with Gasteiger partial charge >= 0.3 is 6.03 Å². The molecular weight excluding hydrogens is 346 g/mol. The fraction of sp³-hybridized carbons (Fsp3) is 0.100. The Balaban J connectivity index is 1.51. The number of carbonyl (C=O) groups is 2. The fourth-order valence-electron chi connectivity index (χ4n) is 2.34. The Morgan fingerprint density at radius 3 is 2.19 bits per heavy atom. The van der Waals surface area contributed by atoms with Crippen molar-refractivity contribution >= 4 is 23.3 Å². The summed E-state index contributed by atoms with van der Waals surface area (Å²) in [5.74, 6) is 1.13. The molecular formula is C20H19N3O4. The molecule has 0 atom stereocenters. The Bertz CT molecular complexity index is 888. The van der Waals surface area contributed by atoms with E-state index < -0.39 is 0 Å². The fourth-order valence-corrected chi connectivity index (χ4v) is 2.34. The average molecular weight is 365 g/mol. The van der Waals surface area contributed by atoms with Crippen molar-refractivity contribution in [2.45, 2.75) is 6.54 Å². The first-order valence-corrected chi connectivity index (χ1v) is 8.27. The molecule has 0 aliphatic heterocycles. The van der Waals surface area contributed by atoms with Gasteiger partial charge in [0, 0.05) is 16.9 Å². The highest BCUT2D eigenvalue weighted by Gasteiger charge is 2.07. The largest absolute Gasteiger partial charge is 0.497 e. The molecule has 0 spiro atoms. The predicted octanol–water partition coefficient (Wildman–Crippen LogP) is 3.86. The van der Waals surface area contributed by atoms with E-state index in [1.807, 2.05) is 0 Å². The highest BCUT2D eigenvalue weighted by atomic mass is 16.5. The summed E-state index contributed by atoms with van der Waals surface area (Å²) < 4.78 is 10.2. The molecule has 0 bridgehead atoms. The van der Waals surface area contributed by atoms with Crippen molar-refractivity contribution < 1.29 is 18.7 Å². The van der Waals surface area contributed by atoms with Gasteiger partial charge in [-0.1, -0.05) is 0 Å². The summed E-state index contributed by atoms with van der Waals surface area (Å²) in [5.41, 5.74) is 1.75. The first-order valence-electron chi connectivity index (χ1n) is 8.27. The summed E-state index contributed by atoms with van der Waals surface area (Å²) in [4.78, 5) is 24.1. The minimum atomic E-state index is -0.346. The van der Waals surface area contributed by atoms with Crippen LogP contribution in [-0.2, 0) is 6.54 Å². The maximum absolute atomic E-state index is 12.2. The minimum absolute atomic E-state index is 0.227. The molecule has 0 aliphatic carbocycles. The van der Waals surface area contributed by atoms with Gasteiger partial charge in [-0.05, 0) is 60.7 Å². The van der Waals surface area contributed by atoms with Gasteiger partial charge in [0.25, 0.3) is 5.91 Å². The second kappa shape index (κ2) is 8.57. The van der Waals surface area contributed by atoms with E-state index in [4.69, 9.17) is 9.15 Å². The Morgan fingerprint density at radius 2 is 1.59 bits per heavy atom. The first kappa shape index (κ1) is 18.1. The van der Waals surface area contributed by atoms with Crippen LogP contribution in [0.1, 0.15) is 16.1 Å². The van der Waals surface area contributed by atoms with Gasteiger partial charge in [-0.15, -0.1) is 0 Å². The highest BCUT2D eigenvalue weighted by molar-refractivity contribution is 6.04. The number of furan rings is 1. The second-order valence-corrected chi connectivity index (χ2v) is 5.65.